The van der Waals surface area contributed by atoms with E-state index in [1.54, 1.807) is 6.92 Å². The summed E-state index contributed by atoms with van der Waals surface area (Å²) in [6, 6.07) is 5.26. The number of nitrogens with one attached hydrogen (secondary N) is 1. The second kappa shape index (κ2) is 8.79. The van der Waals surface area contributed by atoms with Crippen LogP contribution in [0, 0.1) is 0 Å². The van der Waals surface area contributed by atoms with Crippen molar-refractivity contribution >= 4 is 33.6 Å². The Labute approximate surface area is 138 Å². The molecule has 0 heterocycles. The van der Waals surface area contributed by atoms with Gasteiger partial charge in [0.1, 0.15) is 0 Å². The Hall–Kier alpha value is -2.72. The minimum atomic E-state index is -3.90. The van der Waals surface area contributed by atoms with Crippen molar-refractivity contribution in [2.75, 3.05) is 18.5 Å². The Morgan fingerprint density at radius 2 is 1.79 bits per heavy atom. The molecular weight excluding hydrogens is 340 g/mol. The van der Waals surface area contributed by atoms with Gasteiger partial charge in [-0.15, -0.1) is 0 Å². The number of sulfonamides is 1. The van der Waals surface area contributed by atoms with E-state index in [4.69, 9.17) is 5.14 Å². The van der Waals surface area contributed by atoms with Crippen LogP contribution in [0.2, 0.25) is 0 Å². The second-order valence-electron chi connectivity index (χ2n) is 4.31. The number of esters is 2. The number of amides is 1. The Kier molecular flexibility index (Phi) is 7.08. The number of anilines is 1. The number of ether oxygens (including phenoxy) is 2. The van der Waals surface area contributed by atoms with Crippen molar-refractivity contribution in [1.29, 1.82) is 0 Å². The van der Waals surface area contributed by atoms with E-state index in [1.165, 1.54) is 18.2 Å². The lowest BCUT2D eigenvalue weighted by Crippen LogP contribution is -2.20. The Morgan fingerprint density at radius 1 is 1.17 bits per heavy atom. The van der Waals surface area contributed by atoms with Gasteiger partial charge >= 0.3 is 11.9 Å². The van der Waals surface area contributed by atoms with Crippen molar-refractivity contribution in [3.05, 3.63) is 36.4 Å². The summed E-state index contributed by atoms with van der Waals surface area (Å²) in [5, 5.41) is 7.32. The van der Waals surface area contributed by atoms with Gasteiger partial charge in [-0.3, -0.25) is 4.79 Å². The lowest BCUT2D eigenvalue weighted by atomic mass is 10.3. The molecule has 0 unspecified atom stereocenters. The van der Waals surface area contributed by atoms with Gasteiger partial charge in [0.25, 0.3) is 5.91 Å². The number of nitrogens with two attached hydrogens (primary N) is 1. The predicted molar refractivity (Wildman–Crippen MR) is 83.2 cm³/mol. The van der Waals surface area contributed by atoms with E-state index in [0.29, 0.717) is 0 Å². The summed E-state index contributed by atoms with van der Waals surface area (Å²) in [5.74, 6) is -2.31. The monoisotopic (exact) mass is 356 g/mol. The molecule has 0 aliphatic heterocycles. The zero-order valence-electron chi connectivity index (χ0n) is 12.7. The average molecular weight is 356 g/mol. The third-order valence-electron chi connectivity index (χ3n) is 2.43. The summed E-state index contributed by atoms with van der Waals surface area (Å²) in [6.45, 7) is 1.16. The molecule has 0 saturated carbocycles. The van der Waals surface area contributed by atoms with Gasteiger partial charge < -0.3 is 14.8 Å². The fraction of sp³-hybridized carbons (Fsp3) is 0.214. The number of rotatable bonds is 7. The van der Waals surface area contributed by atoms with E-state index in [9.17, 15) is 22.8 Å². The first kappa shape index (κ1) is 19.3. The fourth-order valence-corrected chi connectivity index (χ4v) is 2.02. The number of carbonyl (C=O) groups excluding carboxylic acids is 3. The van der Waals surface area contributed by atoms with Crippen molar-refractivity contribution in [1.82, 2.24) is 0 Å². The van der Waals surface area contributed by atoms with E-state index in [1.807, 2.05) is 0 Å². The lowest BCUT2D eigenvalue weighted by molar-refractivity contribution is -0.143. The highest BCUT2D eigenvalue weighted by Crippen LogP contribution is 2.13. The maximum atomic E-state index is 11.6. The molecule has 0 aliphatic rings. The molecular formula is C14H16N2O7S. The van der Waals surface area contributed by atoms with Crippen molar-refractivity contribution in [3.63, 3.8) is 0 Å². The van der Waals surface area contributed by atoms with Crippen molar-refractivity contribution in [2.24, 2.45) is 5.14 Å². The summed E-state index contributed by atoms with van der Waals surface area (Å²) >= 11 is 0. The zero-order valence-corrected chi connectivity index (χ0v) is 13.5. The minimum absolute atomic E-state index is 0.165. The van der Waals surface area contributed by atoms with Gasteiger partial charge in [-0.05, 0) is 25.1 Å². The van der Waals surface area contributed by atoms with E-state index in [2.05, 4.69) is 14.8 Å². The van der Waals surface area contributed by atoms with Gasteiger partial charge in [0, 0.05) is 17.8 Å². The van der Waals surface area contributed by atoms with Crippen LogP contribution in [0.3, 0.4) is 0 Å². The molecule has 1 amide bonds. The molecule has 1 aromatic carbocycles. The number of benzene rings is 1. The van der Waals surface area contributed by atoms with Crippen LogP contribution < -0.4 is 10.5 Å². The highest BCUT2D eigenvalue weighted by atomic mass is 32.2. The fourth-order valence-electron chi connectivity index (χ4n) is 1.46. The van der Waals surface area contributed by atoms with Crippen LogP contribution in [0.15, 0.2) is 41.3 Å². The summed E-state index contributed by atoms with van der Waals surface area (Å²) in [7, 11) is -3.90. The van der Waals surface area contributed by atoms with Crippen LogP contribution in [0.4, 0.5) is 5.69 Å². The normalized spacial score (nSPS) is 11.1. The van der Waals surface area contributed by atoms with Gasteiger partial charge in [0.05, 0.1) is 11.5 Å². The Balaban J connectivity index is 2.53. The quantitative estimate of drug-likeness (QED) is 0.514. The molecule has 0 atom stereocenters. The van der Waals surface area contributed by atoms with E-state index < -0.39 is 34.5 Å². The molecule has 0 spiro atoms. The van der Waals surface area contributed by atoms with Crippen molar-refractivity contribution in [3.8, 4) is 0 Å². The minimum Gasteiger partial charge on any atom is -0.463 e. The maximum absolute atomic E-state index is 11.6. The molecule has 10 heteroatoms. The van der Waals surface area contributed by atoms with Gasteiger partial charge in [-0.2, -0.15) is 0 Å². The highest BCUT2D eigenvalue weighted by molar-refractivity contribution is 7.89. The molecule has 1 rings (SSSR count). The zero-order chi connectivity index (χ0) is 18.2. The van der Waals surface area contributed by atoms with E-state index in [0.717, 1.165) is 18.2 Å². The lowest BCUT2D eigenvalue weighted by Gasteiger charge is -2.06. The summed E-state index contributed by atoms with van der Waals surface area (Å²) in [4.78, 5) is 33.7. The van der Waals surface area contributed by atoms with Crippen LogP contribution in [-0.2, 0) is 33.9 Å². The third kappa shape index (κ3) is 7.03. The first-order valence-corrected chi connectivity index (χ1v) is 8.21. The Morgan fingerprint density at radius 3 is 2.38 bits per heavy atom. The molecule has 24 heavy (non-hydrogen) atoms. The summed E-state index contributed by atoms with van der Waals surface area (Å²) < 4.78 is 31.6. The maximum Gasteiger partial charge on any atom is 0.331 e. The van der Waals surface area contributed by atoms with Gasteiger partial charge in [0.15, 0.2) is 6.61 Å². The molecule has 0 saturated heterocycles. The molecule has 9 nitrogen and oxygen atoms in total. The van der Waals surface area contributed by atoms with Crippen LogP contribution in [0.25, 0.3) is 0 Å². The predicted octanol–water partition coefficient (Wildman–Crippen LogP) is -0.0650. The van der Waals surface area contributed by atoms with Crippen LogP contribution in [0.5, 0.6) is 0 Å². The van der Waals surface area contributed by atoms with Crippen LogP contribution in [0.1, 0.15) is 6.92 Å². The molecule has 130 valence electrons. The number of hydrogen-bond acceptors (Lipinski definition) is 7. The second-order valence-corrected chi connectivity index (χ2v) is 5.88. The standard InChI is InChI=1S/C14H16N2O7S/c1-2-22-13(18)6-7-14(19)23-9-12(17)16-10-4-3-5-11(8-10)24(15,20)21/h3-8H,2,9H2,1H3,(H,16,17)(H2,15,20,21)/b7-6+. The molecule has 0 radical (unpaired) electrons. The molecule has 3 N–H and O–H groups in total. The van der Waals surface area contributed by atoms with Crippen LogP contribution in [-0.4, -0.2) is 39.5 Å². The average Bonchev–Trinajstić information content (AvgIpc) is 2.50. The first-order valence-electron chi connectivity index (χ1n) is 6.66. The summed E-state index contributed by atoms with van der Waals surface area (Å²) in [5.41, 5.74) is 0.171. The molecule has 0 bridgehead atoms. The topological polar surface area (TPSA) is 142 Å². The highest BCUT2D eigenvalue weighted by Gasteiger charge is 2.10. The van der Waals surface area contributed by atoms with Crippen molar-refractivity contribution in [2.45, 2.75) is 11.8 Å². The van der Waals surface area contributed by atoms with Crippen LogP contribution >= 0.6 is 0 Å². The Bertz CT molecular complexity index is 756. The van der Waals surface area contributed by atoms with Gasteiger partial charge in [0.2, 0.25) is 10.0 Å². The summed E-state index contributed by atoms with van der Waals surface area (Å²) in [6.07, 6.45) is 1.70. The molecule has 1 aromatic rings. The smallest absolute Gasteiger partial charge is 0.331 e. The molecule has 0 fully saturated rings. The van der Waals surface area contributed by atoms with Gasteiger partial charge in [-0.1, -0.05) is 6.07 Å². The number of hydrogen-bond donors (Lipinski definition) is 2. The number of carbonyl (C=O) groups is 3. The van der Waals surface area contributed by atoms with E-state index in [-0.39, 0.29) is 17.2 Å². The van der Waals surface area contributed by atoms with E-state index >= 15 is 0 Å². The largest absolute Gasteiger partial charge is 0.463 e. The van der Waals surface area contributed by atoms with Crippen molar-refractivity contribution < 1.29 is 32.3 Å². The first-order chi connectivity index (χ1) is 11.2. The molecule has 0 aromatic heterocycles. The van der Waals surface area contributed by atoms with Gasteiger partial charge in [-0.25, -0.2) is 23.1 Å². The SMILES string of the molecule is CCOC(=O)/C=C/C(=O)OCC(=O)Nc1cccc(S(N)(=O)=O)c1. The number of primary sulfonamides is 1. The molecule has 0 aliphatic carbocycles. The third-order valence-corrected chi connectivity index (χ3v) is 3.34.